The lowest BCUT2D eigenvalue weighted by molar-refractivity contribution is -0.200. The molecule has 0 aliphatic carbocycles. The van der Waals surface area contributed by atoms with Crippen molar-refractivity contribution in [3.05, 3.63) is 35.5 Å². The third-order valence-corrected chi connectivity index (χ3v) is 6.72. The van der Waals surface area contributed by atoms with Crippen LogP contribution >= 0.6 is 0 Å². The van der Waals surface area contributed by atoms with Crippen LogP contribution in [0.1, 0.15) is 48.7 Å². The Labute approximate surface area is 183 Å². The third kappa shape index (κ3) is 4.41. The Hall–Kier alpha value is -2.75. The van der Waals surface area contributed by atoms with Gasteiger partial charge in [-0.3, -0.25) is 4.90 Å². The molecule has 1 aromatic carbocycles. The van der Waals surface area contributed by atoms with E-state index in [0.717, 1.165) is 42.9 Å². The number of aromatic nitrogens is 1. The molecule has 0 radical (unpaired) electrons. The highest BCUT2D eigenvalue weighted by molar-refractivity contribution is 5.93. The van der Waals surface area contributed by atoms with Crippen molar-refractivity contribution < 1.29 is 32.6 Å². The number of likely N-dealkylation sites (tertiary alicyclic amines) is 2. The fourth-order valence-corrected chi connectivity index (χ4v) is 4.82. The largest absolute Gasteiger partial charge is 0.478 e. The fourth-order valence-electron chi connectivity index (χ4n) is 4.82. The third-order valence-electron chi connectivity index (χ3n) is 6.72. The molecule has 2 fully saturated rings. The minimum Gasteiger partial charge on any atom is -0.478 e. The van der Waals surface area contributed by atoms with Crippen LogP contribution in [0.2, 0.25) is 0 Å². The Morgan fingerprint density at radius 1 is 1.19 bits per heavy atom. The smallest absolute Gasteiger partial charge is 0.425 e. The summed E-state index contributed by atoms with van der Waals surface area (Å²) < 4.78 is 42.6. The van der Waals surface area contributed by atoms with Crippen molar-refractivity contribution in [3.8, 4) is 0 Å². The summed E-state index contributed by atoms with van der Waals surface area (Å²) in [5, 5.41) is 10.0. The summed E-state index contributed by atoms with van der Waals surface area (Å²) in [6.07, 6.45) is -4.29. The van der Waals surface area contributed by atoms with Crippen molar-refractivity contribution in [1.29, 1.82) is 0 Å². The Morgan fingerprint density at radius 2 is 1.91 bits per heavy atom. The molecule has 3 heterocycles. The molecule has 2 saturated heterocycles. The zero-order valence-corrected chi connectivity index (χ0v) is 17.7. The number of halogens is 3. The van der Waals surface area contributed by atoms with Crippen LogP contribution in [-0.2, 0) is 11.3 Å². The number of aromatic amines is 1. The van der Waals surface area contributed by atoms with E-state index in [-0.39, 0.29) is 11.1 Å². The number of rotatable bonds is 4. The van der Waals surface area contributed by atoms with E-state index in [1.54, 1.807) is 18.2 Å². The Bertz CT molecular complexity index is 1010. The van der Waals surface area contributed by atoms with Crippen LogP contribution in [-0.4, -0.2) is 69.4 Å². The number of nitrogens with one attached hydrogen (secondary N) is 1. The second kappa shape index (κ2) is 8.31. The van der Waals surface area contributed by atoms with Crippen LogP contribution in [0.3, 0.4) is 0 Å². The average Bonchev–Trinajstić information content (AvgIpc) is 3.31. The lowest BCUT2D eigenvalue weighted by Gasteiger charge is -2.44. The Morgan fingerprint density at radius 3 is 2.56 bits per heavy atom. The molecular formula is C22H26F3N3O4. The molecular weight excluding hydrogens is 427 g/mol. The number of hydrogen-bond donors (Lipinski definition) is 2. The summed E-state index contributed by atoms with van der Waals surface area (Å²) in [7, 11) is 0. The average molecular weight is 453 g/mol. The Balaban J connectivity index is 1.40. The van der Waals surface area contributed by atoms with Gasteiger partial charge in [0.1, 0.15) is 0 Å². The summed E-state index contributed by atoms with van der Waals surface area (Å²) in [4.78, 5) is 30.4. The Kier molecular flexibility index (Phi) is 5.83. The number of carbonyl (C=O) groups is 2. The van der Waals surface area contributed by atoms with Crippen molar-refractivity contribution in [3.63, 3.8) is 0 Å². The van der Waals surface area contributed by atoms with Crippen molar-refractivity contribution in [2.75, 3.05) is 19.6 Å². The molecule has 1 atom stereocenters. The number of benzene rings is 1. The monoisotopic (exact) mass is 453 g/mol. The van der Waals surface area contributed by atoms with E-state index >= 15 is 0 Å². The van der Waals surface area contributed by atoms with Gasteiger partial charge in [0.2, 0.25) is 0 Å². The molecule has 1 unspecified atom stereocenters. The quantitative estimate of drug-likeness (QED) is 0.718. The van der Waals surface area contributed by atoms with E-state index in [0.29, 0.717) is 32.5 Å². The predicted molar refractivity (Wildman–Crippen MR) is 110 cm³/mol. The first kappa shape index (κ1) is 22.4. The molecule has 0 saturated carbocycles. The molecule has 174 valence electrons. The summed E-state index contributed by atoms with van der Waals surface area (Å²) >= 11 is 0. The molecule has 4 rings (SSSR count). The first-order chi connectivity index (χ1) is 15.1. The van der Waals surface area contributed by atoms with Crippen molar-refractivity contribution in [2.45, 2.75) is 57.0 Å². The van der Waals surface area contributed by atoms with E-state index in [1.165, 1.54) is 4.90 Å². The van der Waals surface area contributed by atoms with Crippen LogP contribution < -0.4 is 0 Å². The number of carbonyl (C=O) groups excluding carboxylic acids is 1. The second-order valence-corrected chi connectivity index (χ2v) is 8.71. The number of alkyl halides is 3. The molecule has 10 heteroatoms. The maximum absolute atomic E-state index is 12.7. The number of carboxylic acids is 1. The van der Waals surface area contributed by atoms with Crippen LogP contribution in [0, 0.1) is 0 Å². The number of carboxylic acid groups (broad SMARTS) is 1. The van der Waals surface area contributed by atoms with Gasteiger partial charge in [-0.1, -0.05) is 0 Å². The van der Waals surface area contributed by atoms with Crippen LogP contribution in [0.15, 0.2) is 24.3 Å². The van der Waals surface area contributed by atoms with E-state index in [2.05, 4.69) is 14.6 Å². The van der Waals surface area contributed by atoms with E-state index in [1.807, 2.05) is 6.07 Å². The highest BCUT2D eigenvalue weighted by atomic mass is 19.4. The molecule has 1 aromatic heterocycles. The van der Waals surface area contributed by atoms with Gasteiger partial charge in [0.05, 0.1) is 5.56 Å². The molecule has 7 nitrogen and oxygen atoms in total. The second-order valence-electron chi connectivity index (χ2n) is 8.71. The highest BCUT2D eigenvalue weighted by Crippen LogP contribution is 2.40. The van der Waals surface area contributed by atoms with Gasteiger partial charge in [0.25, 0.3) is 0 Å². The first-order valence-corrected chi connectivity index (χ1v) is 10.7. The molecule has 1 amide bonds. The zero-order valence-electron chi connectivity index (χ0n) is 17.7. The van der Waals surface area contributed by atoms with Gasteiger partial charge in [0.15, 0.2) is 6.10 Å². The molecule has 2 aliphatic rings. The van der Waals surface area contributed by atoms with Crippen LogP contribution in [0.4, 0.5) is 18.0 Å². The van der Waals surface area contributed by atoms with Gasteiger partial charge in [-0.15, -0.1) is 0 Å². The number of H-pyrrole nitrogens is 1. The maximum Gasteiger partial charge on any atom is 0.425 e. The van der Waals surface area contributed by atoms with Gasteiger partial charge in [-0.05, 0) is 63.4 Å². The number of hydrogen-bond acceptors (Lipinski definition) is 4. The number of fused-ring (bicyclic) bond motifs is 1. The maximum atomic E-state index is 12.7. The van der Waals surface area contributed by atoms with Crippen LogP contribution in [0.5, 0.6) is 0 Å². The van der Waals surface area contributed by atoms with E-state index in [9.17, 15) is 27.9 Å². The minimum atomic E-state index is -4.57. The number of amides is 1. The molecule has 2 aromatic rings. The van der Waals surface area contributed by atoms with E-state index < -0.39 is 24.3 Å². The van der Waals surface area contributed by atoms with Crippen molar-refractivity contribution in [2.24, 2.45) is 0 Å². The normalized spacial score (nSPS) is 20.1. The zero-order chi connectivity index (χ0) is 23.1. The SMILES string of the molecule is CC(OC(=O)N1CCC2(CCCN2Cc2cc3cc(C(=O)O)ccc3[nH]2)CC1)C(F)(F)F. The topological polar surface area (TPSA) is 85.9 Å². The van der Waals surface area contributed by atoms with Gasteiger partial charge >= 0.3 is 18.2 Å². The molecule has 32 heavy (non-hydrogen) atoms. The summed E-state index contributed by atoms with van der Waals surface area (Å²) in [5.74, 6) is -0.969. The summed E-state index contributed by atoms with van der Waals surface area (Å²) in [5.41, 5.74) is 1.98. The van der Waals surface area contributed by atoms with Gasteiger partial charge in [-0.25, -0.2) is 9.59 Å². The lowest BCUT2D eigenvalue weighted by atomic mass is 9.85. The lowest BCUT2D eigenvalue weighted by Crippen LogP contribution is -2.53. The minimum absolute atomic E-state index is 0.101. The fraction of sp³-hybridized carbons (Fsp3) is 0.545. The number of nitrogens with zero attached hydrogens (tertiary/aromatic N) is 2. The van der Waals surface area contributed by atoms with Crippen LogP contribution in [0.25, 0.3) is 10.9 Å². The van der Waals surface area contributed by atoms with Gasteiger partial charge < -0.3 is 19.7 Å². The van der Waals surface area contributed by atoms with Crippen molar-refractivity contribution in [1.82, 2.24) is 14.8 Å². The number of aromatic carboxylic acids is 1. The summed E-state index contributed by atoms with van der Waals surface area (Å²) in [6, 6.07) is 6.92. The highest BCUT2D eigenvalue weighted by Gasteiger charge is 2.45. The van der Waals surface area contributed by atoms with Gasteiger partial charge in [0, 0.05) is 41.8 Å². The van der Waals surface area contributed by atoms with Gasteiger partial charge in [-0.2, -0.15) is 13.2 Å². The van der Waals surface area contributed by atoms with Crippen molar-refractivity contribution >= 4 is 23.0 Å². The molecule has 2 N–H and O–H groups in total. The summed E-state index contributed by atoms with van der Waals surface area (Å²) in [6.45, 7) is 3.10. The first-order valence-electron chi connectivity index (χ1n) is 10.7. The molecule has 2 aliphatic heterocycles. The van der Waals surface area contributed by atoms with E-state index in [4.69, 9.17) is 0 Å². The standard InChI is InChI=1S/C22H26F3N3O4/c1-14(22(23,24)25)32-20(31)27-9-6-21(7-10-27)5-2-8-28(21)13-17-12-16-11-15(19(29)30)3-4-18(16)26-17/h3-4,11-12,14,26H,2,5-10,13H2,1H3,(H,29,30). The molecule has 1 spiro atoms. The number of piperidine rings is 1. The molecule has 0 bridgehead atoms. The predicted octanol–water partition coefficient (Wildman–Crippen LogP) is 4.38. The number of ether oxygens (including phenoxy) is 1.